The van der Waals surface area contributed by atoms with Gasteiger partial charge in [0, 0.05) is 37.7 Å². The number of carbonyl (C=O) groups excluding carboxylic acids is 1. The molecular formula is C16H21N3O4S. The van der Waals surface area contributed by atoms with Gasteiger partial charge in [-0.25, -0.2) is 8.42 Å². The van der Waals surface area contributed by atoms with Crippen LogP contribution in [0, 0.1) is 0 Å². The SMILES string of the molecule is CCn1cc([C@@H]2CS(=O)(=O)CCN2C(=O)CCc2ccco2)cn1. The molecule has 8 heteroatoms. The van der Waals surface area contributed by atoms with Crippen molar-refractivity contribution in [1.29, 1.82) is 0 Å². The van der Waals surface area contributed by atoms with Crippen LogP contribution in [0.5, 0.6) is 0 Å². The minimum Gasteiger partial charge on any atom is -0.469 e. The Balaban J connectivity index is 1.76. The van der Waals surface area contributed by atoms with Crippen molar-refractivity contribution in [2.24, 2.45) is 0 Å². The highest BCUT2D eigenvalue weighted by Crippen LogP contribution is 2.27. The number of carbonyl (C=O) groups is 1. The minimum atomic E-state index is -3.15. The van der Waals surface area contributed by atoms with Crippen molar-refractivity contribution in [2.75, 3.05) is 18.1 Å². The van der Waals surface area contributed by atoms with E-state index < -0.39 is 15.9 Å². The molecule has 1 aliphatic heterocycles. The van der Waals surface area contributed by atoms with Crippen molar-refractivity contribution in [3.8, 4) is 0 Å². The number of hydrogen-bond acceptors (Lipinski definition) is 5. The molecule has 3 heterocycles. The average molecular weight is 351 g/mol. The van der Waals surface area contributed by atoms with Crippen molar-refractivity contribution < 1.29 is 17.6 Å². The molecule has 0 unspecified atom stereocenters. The lowest BCUT2D eigenvalue weighted by Crippen LogP contribution is -2.46. The second-order valence-corrected chi connectivity index (χ2v) is 8.15. The van der Waals surface area contributed by atoms with Crippen molar-refractivity contribution in [3.05, 3.63) is 42.1 Å². The van der Waals surface area contributed by atoms with Crippen LogP contribution in [0.15, 0.2) is 35.2 Å². The highest BCUT2D eigenvalue weighted by Gasteiger charge is 2.35. The van der Waals surface area contributed by atoms with E-state index in [1.165, 1.54) is 0 Å². The first-order valence-corrected chi connectivity index (χ1v) is 9.85. The second-order valence-electron chi connectivity index (χ2n) is 5.93. The van der Waals surface area contributed by atoms with E-state index in [9.17, 15) is 13.2 Å². The topological polar surface area (TPSA) is 85.4 Å². The van der Waals surface area contributed by atoms with Gasteiger partial charge in [0.2, 0.25) is 5.91 Å². The molecule has 0 spiro atoms. The van der Waals surface area contributed by atoms with Crippen LogP contribution in [0.2, 0.25) is 0 Å². The highest BCUT2D eigenvalue weighted by atomic mass is 32.2. The lowest BCUT2D eigenvalue weighted by molar-refractivity contribution is -0.133. The lowest BCUT2D eigenvalue weighted by atomic mass is 10.1. The summed E-state index contributed by atoms with van der Waals surface area (Å²) in [5.74, 6) is 0.658. The van der Waals surface area contributed by atoms with E-state index in [-0.39, 0.29) is 24.0 Å². The van der Waals surface area contributed by atoms with Crippen LogP contribution in [-0.4, -0.2) is 47.1 Å². The summed E-state index contributed by atoms with van der Waals surface area (Å²) in [6.45, 7) is 2.88. The zero-order valence-corrected chi connectivity index (χ0v) is 14.4. The Morgan fingerprint density at radius 1 is 1.46 bits per heavy atom. The maximum Gasteiger partial charge on any atom is 0.223 e. The molecule has 0 aliphatic carbocycles. The quantitative estimate of drug-likeness (QED) is 0.813. The van der Waals surface area contributed by atoms with Crippen molar-refractivity contribution in [3.63, 3.8) is 0 Å². The number of sulfone groups is 1. The highest BCUT2D eigenvalue weighted by molar-refractivity contribution is 7.91. The fraction of sp³-hybridized carbons (Fsp3) is 0.500. The lowest BCUT2D eigenvalue weighted by Gasteiger charge is -2.35. The number of nitrogens with zero attached hydrogens (tertiary/aromatic N) is 3. The zero-order valence-electron chi connectivity index (χ0n) is 13.6. The summed E-state index contributed by atoms with van der Waals surface area (Å²) in [6, 6.07) is 3.15. The first-order chi connectivity index (χ1) is 11.5. The van der Waals surface area contributed by atoms with Crippen molar-refractivity contribution in [1.82, 2.24) is 14.7 Å². The summed E-state index contributed by atoms with van der Waals surface area (Å²) in [5.41, 5.74) is 0.770. The predicted octanol–water partition coefficient (Wildman–Crippen LogP) is 1.43. The first kappa shape index (κ1) is 16.8. The number of rotatable bonds is 5. The Bertz CT molecular complexity index is 795. The van der Waals surface area contributed by atoms with Gasteiger partial charge in [0.25, 0.3) is 0 Å². The molecule has 0 saturated carbocycles. The van der Waals surface area contributed by atoms with Crippen LogP contribution in [-0.2, 0) is 27.6 Å². The molecule has 7 nitrogen and oxygen atoms in total. The van der Waals surface area contributed by atoms with E-state index in [2.05, 4.69) is 5.10 Å². The molecule has 1 aliphatic rings. The Kier molecular flexibility index (Phi) is 4.75. The van der Waals surface area contributed by atoms with Crippen LogP contribution in [0.3, 0.4) is 0 Å². The van der Waals surface area contributed by atoms with Gasteiger partial charge >= 0.3 is 0 Å². The molecule has 0 aromatic carbocycles. The van der Waals surface area contributed by atoms with Gasteiger partial charge in [-0.1, -0.05) is 0 Å². The number of aromatic nitrogens is 2. The van der Waals surface area contributed by atoms with Crippen LogP contribution in [0.1, 0.15) is 30.7 Å². The van der Waals surface area contributed by atoms with E-state index >= 15 is 0 Å². The van der Waals surface area contributed by atoms with Crippen molar-refractivity contribution >= 4 is 15.7 Å². The molecule has 1 fully saturated rings. The Hall–Kier alpha value is -2.09. The van der Waals surface area contributed by atoms with E-state index in [1.807, 2.05) is 19.2 Å². The van der Waals surface area contributed by atoms with Crippen molar-refractivity contribution in [2.45, 2.75) is 32.4 Å². The largest absolute Gasteiger partial charge is 0.469 e. The fourth-order valence-electron chi connectivity index (χ4n) is 2.93. The standard InChI is InChI=1S/C16H21N3O4S/c1-2-18-11-13(10-17-18)15-12-24(21,22)9-7-19(15)16(20)6-5-14-4-3-8-23-14/h3-4,8,10-11,15H,2,5-7,9,12H2,1H3/t15-/m0/s1. The molecule has 2 aromatic heterocycles. The van der Waals surface area contributed by atoms with Gasteiger partial charge in [0.05, 0.1) is 30.0 Å². The molecule has 2 aromatic rings. The number of amides is 1. The van der Waals surface area contributed by atoms with Gasteiger partial charge in [0.1, 0.15) is 5.76 Å². The molecule has 3 rings (SSSR count). The summed E-state index contributed by atoms with van der Waals surface area (Å²) < 4.78 is 31.1. The van der Waals surface area contributed by atoms with Gasteiger partial charge < -0.3 is 9.32 Å². The third-order valence-corrected chi connectivity index (χ3v) is 5.91. The zero-order chi connectivity index (χ0) is 17.2. The predicted molar refractivity (Wildman–Crippen MR) is 88.0 cm³/mol. The summed E-state index contributed by atoms with van der Waals surface area (Å²) in [7, 11) is -3.15. The Labute approximate surface area is 141 Å². The van der Waals surface area contributed by atoms with Crippen LogP contribution < -0.4 is 0 Å². The van der Waals surface area contributed by atoms with Crippen LogP contribution in [0.4, 0.5) is 0 Å². The molecule has 0 radical (unpaired) electrons. The molecule has 1 atom stereocenters. The summed E-state index contributed by atoms with van der Waals surface area (Å²) in [4.78, 5) is 14.3. The monoisotopic (exact) mass is 351 g/mol. The third-order valence-electron chi connectivity index (χ3n) is 4.28. The number of furan rings is 1. The molecule has 1 saturated heterocycles. The van der Waals surface area contributed by atoms with Crippen LogP contribution in [0.25, 0.3) is 0 Å². The van der Waals surface area contributed by atoms with E-state index in [1.54, 1.807) is 28.1 Å². The maximum absolute atomic E-state index is 12.6. The number of aryl methyl sites for hydroxylation is 2. The Morgan fingerprint density at radius 2 is 2.29 bits per heavy atom. The molecule has 130 valence electrons. The van der Waals surface area contributed by atoms with Gasteiger partial charge in [-0.3, -0.25) is 9.48 Å². The molecule has 1 amide bonds. The van der Waals surface area contributed by atoms with Gasteiger partial charge in [-0.2, -0.15) is 5.10 Å². The van der Waals surface area contributed by atoms with Gasteiger partial charge in [-0.05, 0) is 19.1 Å². The molecule has 0 N–H and O–H groups in total. The third kappa shape index (κ3) is 3.69. The fourth-order valence-corrected chi connectivity index (χ4v) is 4.43. The average Bonchev–Trinajstić information content (AvgIpc) is 3.23. The van der Waals surface area contributed by atoms with E-state index in [0.717, 1.165) is 11.3 Å². The number of hydrogen-bond donors (Lipinski definition) is 0. The summed E-state index contributed by atoms with van der Waals surface area (Å²) in [5, 5.41) is 4.21. The van der Waals surface area contributed by atoms with E-state index in [4.69, 9.17) is 4.42 Å². The Morgan fingerprint density at radius 3 is 2.96 bits per heavy atom. The molecule has 0 bridgehead atoms. The van der Waals surface area contributed by atoms with E-state index in [0.29, 0.717) is 19.4 Å². The normalized spacial score (nSPS) is 20.2. The van der Waals surface area contributed by atoms with Gasteiger partial charge in [-0.15, -0.1) is 0 Å². The smallest absolute Gasteiger partial charge is 0.223 e. The first-order valence-electron chi connectivity index (χ1n) is 8.03. The minimum absolute atomic E-state index is 0.0118. The van der Waals surface area contributed by atoms with Crippen LogP contribution >= 0.6 is 0 Å². The molecule has 24 heavy (non-hydrogen) atoms. The summed E-state index contributed by atoms with van der Waals surface area (Å²) >= 11 is 0. The molecular weight excluding hydrogens is 330 g/mol. The maximum atomic E-state index is 12.6. The summed E-state index contributed by atoms with van der Waals surface area (Å²) in [6.07, 6.45) is 5.86. The second kappa shape index (κ2) is 6.80. The van der Waals surface area contributed by atoms with Gasteiger partial charge in [0.15, 0.2) is 9.84 Å².